The molecule has 78 heavy (non-hydrogen) atoms. The molecule has 0 saturated heterocycles. The van der Waals surface area contributed by atoms with Gasteiger partial charge in [0, 0.05) is 12.8 Å². The number of carbonyl (C=O) groups is 6. The summed E-state index contributed by atoms with van der Waals surface area (Å²) in [6.45, 7) is 8.25. The van der Waals surface area contributed by atoms with Crippen molar-refractivity contribution >= 4 is 35.8 Å². The summed E-state index contributed by atoms with van der Waals surface area (Å²) in [4.78, 5) is 76.2. The van der Waals surface area contributed by atoms with Crippen LogP contribution in [0.4, 0.5) is 0 Å². The van der Waals surface area contributed by atoms with E-state index < -0.39 is 23.9 Å². The zero-order valence-electron chi connectivity index (χ0n) is 45.6. The Morgan fingerprint density at radius 1 is 0.308 bits per heavy atom. The van der Waals surface area contributed by atoms with Crippen molar-refractivity contribution in [2.45, 2.75) is 155 Å². The van der Waals surface area contributed by atoms with Crippen molar-refractivity contribution in [1.82, 2.24) is 0 Å². The quantitative estimate of drug-likeness (QED) is 0.0231. The lowest BCUT2D eigenvalue weighted by Crippen LogP contribution is -2.15. The molecule has 12 nitrogen and oxygen atoms in total. The Labute approximate surface area is 459 Å². The van der Waals surface area contributed by atoms with Gasteiger partial charge in [0.1, 0.15) is 23.0 Å². The molecule has 0 aliphatic rings. The highest BCUT2D eigenvalue weighted by atomic mass is 16.6. The third-order valence-electron chi connectivity index (χ3n) is 13.2. The van der Waals surface area contributed by atoms with Crippen LogP contribution in [0, 0.1) is 0 Å². The van der Waals surface area contributed by atoms with Gasteiger partial charge in [0.15, 0.2) is 0 Å². The number of benzene rings is 6. The maximum atomic E-state index is 12.9. The number of carbonyl (C=O) groups excluding carboxylic acids is 6. The second kappa shape index (κ2) is 32.0. The predicted molar refractivity (Wildman–Crippen MR) is 302 cm³/mol. The van der Waals surface area contributed by atoms with Crippen molar-refractivity contribution in [3.05, 3.63) is 168 Å². The first-order chi connectivity index (χ1) is 37.9. The number of ether oxygens (including phenoxy) is 6. The Balaban J connectivity index is 0.816. The highest BCUT2D eigenvalue weighted by Gasteiger charge is 2.17. The SMILES string of the molecule is CCCCCCCC(C)OC(=O)c1ccc(-c2ccc(OC(=O)c3ccc(OC(=O)CCCCCCC(=O)Oc4ccc(C(=O)Oc5ccc(-c6ccc(C(=O)OC(C)CCCCCCC)cc6)cc5)cc4)cc3)cc2)cc1. The van der Waals surface area contributed by atoms with Crippen LogP contribution in [-0.2, 0) is 19.1 Å². The molecule has 0 aromatic heterocycles. The van der Waals surface area contributed by atoms with Crippen LogP contribution in [0.1, 0.15) is 185 Å². The first-order valence-corrected chi connectivity index (χ1v) is 27.8. The number of hydrogen-bond donors (Lipinski definition) is 0. The van der Waals surface area contributed by atoms with Gasteiger partial charge in [0.25, 0.3) is 0 Å². The summed E-state index contributed by atoms with van der Waals surface area (Å²) in [5.41, 5.74) is 5.15. The summed E-state index contributed by atoms with van der Waals surface area (Å²) < 4.78 is 33.4. The van der Waals surface area contributed by atoms with E-state index in [0.29, 0.717) is 59.8 Å². The maximum Gasteiger partial charge on any atom is 0.343 e. The van der Waals surface area contributed by atoms with Gasteiger partial charge in [-0.2, -0.15) is 0 Å². The van der Waals surface area contributed by atoms with Crippen LogP contribution in [0.3, 0.4) is 0 Å². The molecular weight excluding hydrogens is 985 g/mol. The largest absolute Gasteiger partial charge is 0.459 e. The molecule has 0 fully saturated rings. The molecule has 410 valence electrons. The Morgan fingerprint density at radius 3 is 0.897 bits per heavy atom. The van der Waals surface area contributed by atoms with E-state index in [0.717, 1.165) is 60.8 Å². The van der Waals surface area contributed by atoms with Gasteiger partial charge in [-0.1, -0.05) is 127 Å². The average Bonchev–Trinajstić information content (AvgIpc) is 3.46. The summed E-state index contributed by atoms with van der Waals surface area (Å²) in [7, 11) is 0. The third kappa shape index (κ3) is 20.3. The Kier molecular flexibility index (Phi) is 24.4. The first-order valence-electron chi connectivity index (χ1n) is 27.8. The van der Waals surface area contributed by atoms with E-state index in [1.54, 1.807) is 72.8 Å². The van der Waals surface area contributed by atoms with Crippen molar-refractivity contribution in [1.29, 1.82) is 0 Å². The highest BCUT2D eigenvalue weighted by molar-refractivity contribution is 5.93. The predicted octanol–water partition coefficient (Wildman–Crippen LogP) is 16.1. The molecule has 0 aliphatic carbocycles. The summed E-state index contributed by atoms with van der Waals surface area (Å²) in [5.74, 6) is -1.27. The molecule has 6 aromatic carbocycles. The third-order valence-corrected chi connectivity index (χ3v) is 13.2. The van der Waals surface area contributed by atoms with Gasteiger partial charge in [-0.25, -0.2) is 19.2 Å². The van der Waals surface area contributed by atoms with Gasteiger partial charge < -0.3 is 28.4 Å². The lowest BCUT2D eigenvalue weighted by molar-refractivity contribution is -0.135. The van der Waals surface area contributed by atoms with E-state index in [-0.39, 0.29) is 48.1 Å². The van der Waals surface area contributed by atoms with Gasteiger partial charge in [-0.05, 0) is 172 Å². The number of rotatable bonds is 31. The zero-order chi connectivity index (χ0) is 55.5. The Hall–Kier alpha value is -7.86. The lowest BCUT2D eigenvalue weighted by atomic mass is 10.0. The van der Waals surface area contributed by atoms with Crippen LogP contribution in [-0.4, -0.2) is 48.0 Å². The van der Waals surface area contributed by atoms with Gasteiger partial charge in [-0.15, -0.1) is 0 Å². The number of hydrogen-bond acceptors (Lipinski definition) is 12. The molecule has 12 heteroatoms. The first kappa shape index (κ1) is 59.4. The van der Waals surface area contributed by atoms with Crippen LogP contribution in [0.25, 0.3) is 22.3 Å². The van der Waals surface area contributed by atoms with Crippen molar-refractivity contribution < 1.29 is 57.2 Å². The van der Waals surface area contributed by atoms with Gasteiger partial charge in [0.2, 0.25) is 0 Å². The molecule has 0 spiro atoms. The summed E-state index contributed by atoms with van der Waals surface area (Å²) in [6.07, 6.45) is 16.1. The Morgan fingerprint density at radius 2 is 0.564 bits per heavy atom. The fourth-order valence-corrected chi connectivity index (χ4v) is 8.63. The fraction of sp³-hybridized carbons (Fsp3) is 0.364. The molecule has 0 aliphatic heterocycles. The molecule has 0 saturated carbocycles. The van der Waals surface area contributed by atoms with Gasteiger partial charge in [0.05, 0.1) is 34.5 Å². The van der Waals surface area contributed by atoms with Crippen LogP contribution >= 0.6 is 0 Å². The molecule has 0 amide bonds. The molecular formula is C66H74O12. The maximum absolute atomic E-state index is 12.9. The summed E-state index contributed by atoms with van der Waals surface area (Å²) in [6, 6.07) is 40.9. The molecule has 6 rings (SSSR count). The molecule has 2 unspecified atom stereocenters. The molecule has 6 aromatic rings. The van der Waals surface area contributed by atoms with Gasteiger partial charge >= 0.3 is 35.8 Å². The van der Waals surface area contributed by atoms with Crippen molar-refractivity contribution in [2.24, 2.45) is 0 Å². The van der Waals surface area contributed by atoms with Gasteiger partial charge in [-0.3, -0.25) is 9.59 Å². The number of unbranched alkanes of at least 4 members (excludes halogenated alkanes) is 11. The average molecular weight is 1060 g/mol. The van der Waals surface area contributed by atoms with E-state index in [4.69, 9.17) is 28.4 Å². The summed E-state index contributed by atoms with van der Waals surface area (Å²) in [5, 5.41) is 0. The molecule has 0 N–H and O–H groups in total. The van der Waals surface area contributed by atoms with E-state index >= 15 is 0 Å². The monoisotopic (exact) mass is 1060 g/mol. The Bertz CT molecular complexity index is 2620. The second-order valence-electron chi connectivity index (χ2n) is 19.7. The zero-order valence-corrected chi connectivity index (χ0v) is 45.6. The molecule has 0 radical (unpaired) electrons. The van der Waals surface area contributed by atoms with Crippen molar-refractivity contribution in [2.75, 3.05) is 0 Å². The normalized spacial score (nSPS) is 11.7. The van der Waals surface area contributed by atoms with Crippen LogP contribution in [0.5, 0.6) is 23.0 Å². The smallest absolute Gasteiger partial charge is 0.343 e. The molecule has 0 heterocycles. The minimum Gasteiger partial charge on any atom is -0.459 e. The van der Waals surface area contributed by atoms with E-state index in [1.807, 2.05) is 62.4 Å². The van der Waals surface area contributed by atoms with E-state index in [2.05, 4.69) is 13.8 Å². The second-order valence-corrected chi connectivity index (χ2v) is 19.7. The van der Waals surface area contributed by atoms with Crippen LogP contribution in [0.15, 0.2) is 146 Å². The molecule has 2 atom stereocenters. The lowest BCUT2D eigenvalue weighted by Gasteiger charge is -2.13. The minimum atomic E-state index is -0.562. The summed E-state index contributed by atoms with van der Waals surface area (Å²) >= 11 is 0. The van der Waals surface area contributed by atoms with Crippen molar-refractivity contribution in [3.63, 3.8) is 0 Å². The minimum absolute atomic E-state index is 0.134. The fourth-order valence-electron chi connectivity index (χ4n) is 8.63. The van der Waals surface area contributed by atoms with Crippen LogP contribution in [0.2, 0.25) is 0 Å². The van der Waals surface area contributed by atoms with Crippen LogP contribution < -0.4 is 18.9 Å². The molecule has 0 bridgehead atoms. The van der Waals surface area contributed by atoms with E-state index in [1.165, 1.54) is 62.8 Å². The van der Waals surface area contributed by atoms with Crippen molar-refractivity contribution in [3.8, 4) is 45.3 Å². The topological polar surface area (TPSA) is 158 Å². The van der Waals surface area contributed by atoms with E-state index in [9.17, 15) is 28.8 Å². The number of esters is 6. The highest BCUT2D eigenvalue weighted by Crippen LogP contribution is 2.27. The standard InChI is InChI=1S/C66H74O12/c1-5-7-9-11-15-19-47(3)73-63(69)53-27-23-49(24-28-53)51-31-39-59(40-32-51)77-65(71)55-35-43-57(44-36-55)75-61(67)21-17-13-14-18-22-62(68)76-58-45-37-56(38-46-58)66(72)78-60-41-33-52(34-42-60)50-25-29-54(30-26-50)64(70)74-48(4)20-16-12-10-8-6-2/h23-48H,5-22H2,1-4H3.